The van der Waals surface area contributed by atoms with Crippen molar-refractivity contribution in [3.63, 3.8) is 0 Å². The Balaban J connectivity index is 1.59. The van der Waals surface area contributed by atoms with Gasteiger partial charge >= 0.3 is 0 Å². The zero-order valence-electron chi connectivity index (χ0n) is 14.5. The number of halogens is 2. The van der Waals surface area contributed by atoms with Crippen LogP contribution >= 0.6 is 23.2 Å². The molecular formula is C18H27Cl2N3O2. The molecule has 2 fully saturated rings. The van der Waals surface area contributed by atoms with Gasteiger partial charge in [-0.05, 0) is 37.7 Å². The molecule has 7 heteroatoms. The summed E-state index contributed by atoms with van der Waals surface area (Å²) in [6.07, 6.45) is 4.43. The summed E-state index contributed by atoms with van der Waals surface area (Å²) in [5.41, 5.74) is 7.49. The predicted molar refractivity (Wildman–Crippen MR) is 103 cm³/mol. The topological polar surface area (TPSA) is 71.5 Å². The molecule has 1 saturated heterocycles. The summed E-state index contributed by atoms with van der Waals surface area (Å²) in [4.78, 5) is 14.1. The highest BCUT2D eigenvalue weighted by atomic mass is 35.5. The standard InChI is InChI=1S/C18H27Cl2N3O2/c1-22-5-4-12(8-17(22)25)23-6-2-11(3-7-23)18(21)13-9-14(19)15(20)10-16(13)24/h4-5,8,11,13-16,18,24H,2-3,6-7,9-10,21H2,1H3/t13?,14?,15?,16?,18-/m1/s1. The number of nitrogens with two attached hydrogens (primary N) is 1. The van der Waals surface area contributed by atoms with Gasteiger partial charge in [0, 0.05) is 50.0 Å². The number of alkyl halides is 2. The zero-order chi connectivity index (χ0) is 18.1. The fraction of sp³-hybridized carbons (Fsp3) is 0.722. The van der Waals surface area contributed by atoms with Crippen LogP contribution in [0.15, 0.2) is 23.1 Å². The quantitative estimate of drug-likeness (QED) is 0.777. The molecule has 140 valence electrons. The molecule has 1 aliphatic carbocycles. The van der Waals surface area contributed by atoms with Crippen LogP contribution in [0.5, 0.6) is 0 Å². The molecule has 25 heavy (non-hydrogen) atoms. The van der Waals surface area contributed by atoms with E-state index in [0.29, 0.717) is 18.8 Å². The van der Waals surface area contributed by atoms with Gasteiger partial charge in [-0.25, -0.2) is 0 Å². The van der Waals surface area contributed by atoms with E-state index in [1.54, 1.807) is 23.9 Å². The molecule has 2 aliphatic rings. The molecule has 1 aliphatic heterocycles. The van der Waals surface area contributed by atoms with Crippen molar-refractivity contribution < 1.29 is 5.11 Å². The van der Waals surface area contributed by atoms with Crippen molar-refractivity contribution in [2.24, 2.45) is 24.6 Å². The Kier molecular flexibility index (Phi) is 5.99. The van der Waals surface area contributed by atoms with Gasteiger partial charge in [0.2, 0.25) is 0 Å². The van der Waals surface area contributed by atoms with Gasteiger partial charge in [-0.2, -0.15) is 0 Å². The molecular weight excluding hydrogens is 361 g/mol. The number of aliphatic hydroxyl groups excluding tert-OH is 1. The lowest BCUT2D eigenvalue weighted by Crippen LogP contribution is -2.51. The molecule has 0 aromatic carbocycles. The zero-order valence-corrected chi connectivity index (χ0v) is 16.0. The lowest BCUT2D eigenvalue weighted by Gasteiger charge is -2.42. The van der Waals surface area contributed by atoms with Crippen molar-refractivity contribution in [1.82, 2.24) is 4.57 Å². The second kappa shape index (κ2) is 7.87. The first-order valence-corrected chi connectivity index (χ1v) is 9.87. The molecule has 5 atom stereocenters. The smallest absolute Gasteiger partial charge is 0.252 e. The van der Waals surface area contributed by atoms with E-state index in [-0.39, 0.29) is 28.3 Å². The van der Waals surface area contributed by atoms with Crippen molar-refractivity contribution in [2.45, 2.75) is 48.6 Å². The summed E-state index contributed by atoms with van der Waals surface area (Å²) < 4.78 is 1.57. The van der Waals surface area contributed by atoms with E-state index >= 15 is 0 Å². The van der Waals surface area contributed by atoms with Crippen molar-refractivity contribution in [3.8, 4) is 0 Å². The van der Waals surface area contributed by atoms with Crippen LogP contribution in [0.1, 0.15) is 25.7 Å². The van der Waals surface area contributed by atoms with E-state index in [0.717, 1.165) is 31.6 Å². The van der Waals surface area contributed by atoms with E-state index in [9.17, 15) is 9.90 Å². The van der Waals surface area contributed by atoms with Crippen LogP contribution in [-0.4, -0.2) is 45.7 Å². The largest absolute Gasteiger partial charge is 0.393 e. The molecule has 2 heterocycles. The van der Waals surface area contributed by atoms with Gasteiger partial charge in [-0.15, -0.1) is 23.2 Å². The maximum absolute atomic E-state index is 11.8. The highest BCUT2D eigenvalue weighted by Gasteiger charge is 2.40. The van der Waals surface area contributed by atoms with E-state index in [4.69, 9.17) is 28.9 Å². The number of nitrogens with zero attached hydrogens (tertiary/aromatic N) is 2. The molecule has 1 aromatic heterocycles. The van der Waals surface area contributed by atoms with Crippen LogP contribution in [0.3, 0.4) is 0 Å². The molecule has 0 radical (unpaired) electrons. The second-order valence-corrected chi connectivity index (χ2v) is 8.59. The number of hydrogen-bond acceptors (Lipinski definition) is 4. The first-order chi connectivity index (χ1) is 11.9. The Bertz CT molecular complexity index is 645. The average molecular weight is 388 g/mol. The normalized spacial score (nSPS) is 32.6. The van der Waals surface area contributed by atoms with Gasteiger partial charge in [-0.1, -0.05) is 0 Å². The average Bonchev–Trinajstić information content (AvgIpc) is 2.60. The minimum Gasteiger partial charge on any atom is -0.393 e. The molecule has 0 bridgehead atoms. The molecule has 1 aromatic rings. The fourth-order valence-corrected chi connectivity index (χ4v) is 4.75. The second-order valence-electron chi connectivity index (χ2n) is 7.47. The number of anilines is 1. The first kappa shape index (κ1) is 19.0. The minimum absolute atomic E-state index is 0.00503. The number of hydrogen-bond donors (Lipinski definition) is 2. The van der Waals surface area contributed by atoms with Crippen molar-refractivity contribution >= 4 is 28.9 Å². The molecule has 0 amide bonds. The molecule has 1 saturated carbocycles. The summed E-state index contributed by atoms with van der Waals surface area (Å²) in [6.45, 7) is 1.74. The number of piperidine rings is 1. The Hall–Kier alpha value is -0.750. The highest BCUT2D eigenvalue weighted by Crippen LogP contribution is 2.37. The van der Waals surface area contributed by atoms with E-state index < -0.39 is 6.10 Å². The maximum atomic E-state index is 11.8. The lowest BCUT2D eigenvalue weighted by atomic mass is 9.74. The van der Waals surface area contributed by atoms with E-state index in [1.807, 2.05) is 6.07 Å². The van der Waals surface area contributed by atoms with Crippen LogP contribution in [0, 0.1) is 11.8 Å². The van der Waals surface area contributed by atoms with Crippen molar-refractivity contribution in [3.05, 3.63) is 28.7 Å². The monoisotopic (exact) mass is 387 g/mol. The van der Waals surface area contributed by atoms with Gasteiger partial charge in [-0.3, -0.25) is 4.79 Å². The third-order valence-corrected chi connectivity index (χ3v) is 6.98. The van der Waals surface area contributed by atoms with Crippen LogP contribution in [0.4, 0.5) is 5.69 Å². The van der Waals surface area contributed by atoms with Gasteiger partial charge in [0.05, 0.1) is 16.9 Å². The van der Waals surface area contributed by atoms with Gasteiger partial charge in [0.15, 0.2) is 0 Å². The minimum atomic E-state index is -0.470. The van der Waals surface area contributed by atoms with Crippen LogP contribution in [-0.2, 0) is 7.05 Å². The Morgan fingerprint density at radius 2 is 1.88 bits per heavy atom. The van der Waals surface area contributed by atoms with Gasteiger partial charge < -0.3 is 20.3 Å². The third kappa shape index (κ3) is 4.16. The van der Waals surface area contributed by atoms with Gasteiger partial charge in [0.1, 0.15) is 0 Å². The van der Waals surface area contributed by atoms with Gasteiger partial charge in [0.25, 0.3) is 5.56 Å². The maximum Gasteiger partial charge on any atom is 0.252 e. The Morgan fingerprint density at radius 3 is 2.52 bits per heavy atom. The Morgan fingerprint density at radius 1 is 1.24 bits per heavy atom. The summed E-state index contributed by atoms with van der Waals surface area (Å²) in [6, 6.07) is 3.60. The third-order valence-electron chi connectivity index (χ3n) is 5.88. The first-order valence-electron chi connectivity index (χ1n) is 9.00. The molecule has 0 spiro atoms. The van der Waals surface area contributed by atoms with Crippen molar-refractivity contribution in [2.75, 3.05) is 18.0 Å². The molecule has 3 rings (SSSR count). The van der Waals surface area contributed by atoms with Crippen molar-refractivity contribution in [1.29, 1.82) is 0 Å². The number of aliphatic hydroxyl groups is 1. The van der Waals surface area contributed by atoms with Crippen LogP contribution in [0.25, 0.3) is 0 Å². The SMILES string of the molecule is Cn1ccc(N2CCC([C@@H](N)C3CC(Cl)C(Cl)CC3O)CC2)cc1=O. The Labute approximate surface area is 158 Å². The highest BCUT2D eigenvalue weighted by molar-refractivity contribution is 6.30. The fourth-order valence-electron chi connectivity index (χ4n) is 4.16. The molecule has 4 unspecified atom stereocenters. The lowest BCUT2D eigenvalue weighted by molar-refractivity contribution is 0.0435. The summed E-state index contributed by atoms with van der Waals surface area (Å²) in [5.74, 6) is 0.372. The number of aromatic nitrogens is 1. The number of aryl methyl sites for hydroxylation is 1. The van der Waals surface area contributed by atoms with E-state index in [2.05, 4.69) is 4.90 Å². The predicted octanol–water partition coefficient (Wildman–Crippen LogP) is 1.91. The number of rotatable bonds is 3. The summed E-state index contributed by atoms with van der Waals surface area (Å²) >= 11 is 12.5. The van der Waals surface area contributed by atoms with E-state index in [1.165, 1.54) is 0 Å². The van der Waals surface area contributed by atoms with Crippen LogP contribution in [0.2, 0.25) is 0 Å². The summed E-state index contributed by atoms with van der Waals surface area (Å²) in [5, 5.41) is 10.1. The molecule has 5 nitrogen and oxygen atoms in total. The van der Waals surface area contributed by atoms with Crippen LogP contribution < -0.4 is 16.2 Å². The number of pyridine rings is 1. The summed E-state index contributed by atoms with van der Waals surface area (Å²) in [7, 11) is 1.75. The molecule has 3 N–H and O–H groups in total.